The molecular weight excluding hydrogens is 130 g/mol. The number of hydrogen-bond donors (Lipinski definition) is 2. The summed E-state index contributed by atoms with van der Waals surface area (Å²) in [6.45, 7) is 0. The van der Waals surface area contributed by atoms with E-state index >= 15 is 0 Å². The average Bonchev–Trinajstić information content (AvgIpc) is 2.14. The summed E-state index contributed by atoms with van der Waals surface area (Å²) >= 11 is 0. The number of rotatable bonds is 1. The van der Waals surface area contributed by atoms with Crippen LogP contribution < -0.4 is 0 Å². The lowest BCUT2D eigenvalue weighted by Gasteiger charge is -2.23. The molecule has 0 aromatic carbocycles. The molecule has 1 aliphatic carbocycles. The smallest absolute Gasteiger partial charge is 0.0953 e. The topological polar surface area (TPSA) is 43.7 Å². The van der Waals surface area contributed by atoms with Crippen molar-refractivity contribution in [3.8, 4) is 0 Å². The molecule has 0 spiro atoms. The van der Waals surface area contributed by atoms with Crippen molar-refractivity contribution in [3.63, 3.8) is 0 Å². The number of hydrogen-bond acceptors (Lipinski definition) is 3. The van der Waals surface area contributed by atoms with Gasteiger partial charge in [-0.1, -0.05) is 0 Å². The van der Waals surface area contributed by atoms with Gasteiger partial charge < -0.3 is 15.1 Å². The van der Waals surface area contributed by atoms with Gasteiger partial charge in [0.05, 0.1) is 12.2 Å². The third kappa shape index (κ3) is 1.31. The van der Waals surface area contributed by atoms with Crippen LogP contribution in [0, 0.1) is 0 Å². The van der Waals surface area contributed by atoms with Crippen molar-refractivity contribution < 1.29 is 10.2 Å². The predicted octanol–water partition coefficient (Wildman–Crippen LogP) is -0.568. The maximum atomic E-state index is 9.34. The zero-order valence-corrected chi connectivity index (χ0v) is 6.49. The van der Waals surface area contributed by atoms with Crippen LogP contribution in [0.3, 0.4) is 0 Å². The Hall–Kier alpha value is -0.120. The second kappa shape index (κ2) is 2.86. The fourth-order valence-electron chi connectivity index (χ4n) is 1.50. The van der Waals surface area contributed by atoms with Gasteiger partial charge in [0.15, 0.2) is 0 Å². The first-order valence-electron chi connectivity index (χ1n) is 3.65. The molecule has 0 aliphatic heterocycles. The molecule has 1 rings (SSSR count). The lowest BCUT2D eigenvalue weighted by Crippen LogP contribution is -2.38. The second-order valence-corrected chi connectivity index (χ2v) is 3.17. The van der Waals surface area contributed by atoms with Gasteiger partial charge in [-0.25, -0.2) is 0 Å². The van der Waals surface area contributed by atoms with Crippen LogP contribution in [0.4, 0.5) is 0 Å². The van der Waals surface area contributed by atoms with Crippen LogP contribution in [0.1, 0.15) is 12.8 Å². The van der Waals surface area contributed by atoms with Crippen LogP contribution in [-0.2, 0) is 0 Å². The molecule has 3 unspecified atom stereocenters. The minimum Gasteiger partial charge on any atom is -0.390 e. The van der Waals surface area contributed by atoms with Gasteiger partial charge in [0.2, 0.25) is 0 Å². The summed E-state index contributed by atoms with van der Waals surface area (Å²) in [6.07, 6.45) is 0.571. The predicted molar refractivity (Wildman–Crippen MR) is 38.7 cm³/mol. The highest BCUT2D eigenvalue weighted by atomic mass is 16.3. The highest BCUT2D eigenvalue weighted by molar-refractivity contribution is 4.88. The first-order chi connectivity index (χ1) is 4.63. The molecule has 0 saturated heterocycles. The van der Waals surface area contributed by atoms with Crippen LogP contribution in [0.15, 0.2) is 0 Å². The van der Waals surface area contributed by atoms with Crippen molar-refractivity contribution in [1.29, 1.82) is 0 Å². The Balaban J connectivity index is 2.49. The zero-order chi connectivity index (χ0) is 7.72. The average molecular weight is 145 g/mol. The summed E-state index contributed by atoms with van der Waals surface area (Å²) in [5.41, 5.74) is 0. The molecule has 0 amide bonds. The van der Waals surface area contributed by atoms with Crippen molar-refractivity contribution in [3.05, 3.63) is 0 Å². The molecule has 1 saturated carbocycles. The van der Waals surface area contributed by atoms with Crippen molar-refractivity contribution in [1.82, 2.24) is 4.90 Å². The van der Waals surface area contributed by atoms with E-state index in [0.717, 1.165) is 12.8 Å². The van der Waals surface area contributed by atoms with E-state index in [-0.39, 0.29) is 6.04 Å². The van der Waals surface area contributed by atoms with Crippen molar-refractivity contribution in [2.24, 2.45) is 0 Å². The van der Waals surface area contributed by atoms with E-state index in [1.54, 1.807) is 0 Å². The van der Waals surface area contributed by atoms with Crippen LogP contribution in [0.25, 0.3) is 0 Å². The van der Waals surface area contributed by atoms with E-state index in [2.05, 4.69) is 0 Å². The summed E-state index contributed by atoms with van der Waals surface area (Å²) in [4.78, 5) is 1.96. The highest BCUT2D eigenvalue weighted by Crippen LogP contribution is 2.22. The lowest BCUT2D eigenvalue weighted by molar-refractivity contribution is 0.0106. The minimum absolute atomic E-state index is 0.148. The molecular formula is C7H15NO2. The Morgan fingerprint density at radius 2 is 1.80 bits per heavy atom. The maximum absolute atomic E-state index is 9.34. The number of likely N-dealkylation sites (N-methyl/N-ethyl adjacent to an activating group) is 1. The second-order valence-electron chi connectivity index (χ2n) is 3.17. The molecule has 0 bridgehead atoms. The van der Waals surface area contributed by atoms with Crippen LogP contribution in [-0.4, -0.2) is 47.5 Å². The molecule has 3 atom stereocenters. The van der Waals surface area contributed by atoms with E-state index in [4.69, 9.17) is 5.11 Å². The first-order valence-corrected chi connectivity index (χ1v) is 3.65. The molecule has 1 aliphatic rings. The molecule has 0 heterocycles. The van der Waals surface area contributed by atoms with Gasteiger partial charge in [0, 0.05) is 6.04 Å². The standard InChI is InChI=1S/C7H15NO2/c1-8(2)5-3-4-6(9)7(5)10/h5-7,9-10H,3-4H2,1-2H3. The largest absolute Gasteiger partial charge is 0.390 e. The third-order valence-corrected chi connectivity index (χ3v) is 2.21. The molecule has 3 nitrogen and oxygen atoms in total. The van der Waals surface area contributed by atoms with E-state index in [1.807, 2.05) is 19.0 Å². The fourth-order valence-corrected chi connectivity index (χ4v) is 1.50. The SMILES string of the molecule is CN(C)C1CCC(O)C1O. The molecule has 10 heavy (non-hydrogen) atoms. The van der Waals surface area contributed by atoms with E-state index < -0.39 is 12.2 Å². The van der Waals surface area contributed by atoms with Crippen molar-refractivity contribution in [2.75, 3.05) is 14.1 Å². The molecule has 1 fully saturated rings. The summed E-state index contributed by atoms with van der Waals surface area (Å²) in [5, 5.41) is 18.5. The van der Waals surface area contributed by atoms with Gasteiger partial charge in [-0.15, -0.1) is 0 Å². The molecule has 0 aromatic heterocycles. The molecule has 3 heteroatoms. The molecule has 0 aromatic rings. The number of nitrogens with zero attached hydrogens (tertiary/aromatic N) is 1. The summed E-state index contributed by atoms with van der Waals surface area (Å²) < 4.78 is 0. The van der Waals surface area contributed by atoms with E-state index in [9.17, 15) is 5.11 Å². The highest BCUT2D eigenvalue weighted by Gasteiger charge is 2.34. The van der Waals surface area contributed by atoms with Crippen LogP contribution >= 0.6 is 0 Å². The monoisotopic (exact) mass is 145 g/mol. The third-order valence-electron chi connectivity index (χ3n) is 2.21. The van der Waals surface area contributed by atoms with Crippen molar-refractivity contribution in [2.45, 2.75) is 31.1 Å². The zero-order valence-electron chi connectivity index (χ0n) is 6.49. The van der Waals surface area contributed by atoms with Gasteiger partial charge in [0.1, 0.15) is 0 Å². The Labute approximate surface area is 61.3 Å². The number of aliphatic hydroxyl groups excluding tert-OH is 2. The Morgan fingerprint density at radius 3 is 2.00 bits per heavy atom. The summed E-state index contributed by atoms with van der Waals surface area (Å²) in [6, 6.07) is 0.148. The number of aliphatic hydroxyl groups is 2. The van der Waals surface area contributed by atoms with Gasteiger partial charge in [-0.2, -0.15) is 0 Å². The Bertz CT molecular complexity index is 116. The van der Waals surface area contributed by atoms with E-state index in [0.29, 0.717) is 0 Å². The van der Waals surface area contributed by atoms with Gasteiger partial charge in [-0.05, 0) is 26.9 Å². The van der Waals surface area contributed by atoms with Crippen LogP contribution in [0.2, 0.25) is 0 Å². The van der Waals surface area contributed by atoms with Crippen LogP contribution in [0.5, 0.6) is 0 Å². The summed E-state index contributed by atoms with van der Waals surface area (Å²) in [5.74, 6) is 0. The lowest BCUT2D eigenvalue weighted by atomic mass is 10.2. The Kier molecular flexibility index (Phi) is 2.28. The van der Waals surface area contributed by atoms with Crippen molar-refractivity contribution >= 4 is 0 Å². The molecule has 0 radical (unpaired) electrons. The fraction of sp³-hybridized carbons (Fsp3) is 1.00. The minimum atomic E-state index is -0.546. The normalized spacial score (nSPS) is 41.1. The quantitative estimate of drug-likeness (QED) is 0.519. The van der Waals surface area contributed by atoms with Gasteiger partial charge in [0.25, 0.3) is 0 Å². The molecule has 2 N–H and O–H groups in total. The summed E-state index contributed by atoms with van der Waals surface area (Å²) in [7, 11) is 3.85. The Morgan fingerprint density at radius 1 is 1.20 bits per heavy atom. The van der Waals surface area contributed by atoms with Gasteiger partial charge in [-0.3, -0.25) is 0 Å². The van der Waals surface area contributed by atoms with Gasteiger partial charge >= 0.3 is 0 Å². The van der Waals surface area contributed by atoms with E-state index in [1.165, 1.54) is 0 Å². The first kappa shape index (κ1) is 7.98. The molecule has 60 valence electrons. The maximum Gasteiger partial charge on any atom is 0.0953 e.